The molecule has 1 aliphatic heterocycles. The zero-order valence-corrected chi connectivity index (χ0v) is 18.0. The van der Waals surface area contributed by atoms with Gasteiger partial charge in [0.05, 0.1) is 18.7 Å². The van der Waals surface area contributed by atoms with E-state index < -0.39 is 6.10 Å². The van der Waals surface area contributed by atoms with Gasteiger partial charge in [-0.1, -0.05) is 48.5 Å². The third-order valence-electron chi connectivity index (χ3n) is 5.26. The van der Waals surface area contributed by atoms with E-state index in [1.54, 1.807) is 30.0 Å². The fraction of sp³-hybridized carbons (Fsp3) is 0.231. The van der Waals surface area contributed by atoms with Gasteiger partial charge in [-0.3, -0.25) is 9.59 Å². The van der Waals surface area contributed by atoms with E-state index in [0.29, 0.717) is 23.7 Å². The fourth-order valence-corrected chi connectivity index (χ4v) is 3.60. The van der Waals surface area contributed by atoms with Gasteiger partial charge in [-0.2, -0.15) is 0 Å². The maximum atomic E-state index is 12.8. The number of hydrogen-bond acceptors (Lipinski definition) is 4. The lowest BCUT2D eigenvalue weighted by Crippen LogP contribution is -2.45. The molecule has 1 heterocycles. The average molecular weight is 431 g/mol. The average Bonchev–Trinajstić information content (AvgIpc) is 2.81. The number of carbonyl (C=O) groups excluding carboxylic acids is 2. The predicted octanol–water partition coefficient (Wildman–Crippen LogP) is 4.45. The van der Waals surface area contributed by atoms with Crippen LogP contribution in [0.15, 0.2) is 78.9 Å². The molecule has 1 atom stereocenters. The highest BCUT2D eigenvalue weighted by molar-refractivity contribution is 6.01. The van der Waals surface area contributed by atoms with Crippen LogP contribution >= 0.6 is 0 Å². The van der Waals surface area contributed by atoms with Crippen LogP contribution in [0.1, 0.15) is 18.9 Å². The topological polar surface area (TPSA) is 67.9 Å². The summed E-state index contributed by atoms with van der Waals surface area (Å²) in [5, 5.41) is 2.89. The first-order valence-corrected chi connectivity index (χ1v) is 10.7. The van der Waals surface area contributed by atoms with Crippen LogP contribution in [-0.2, 0) is 16.0 Å². The van der Waals surface area contributed by atoms with Gasteiger partial charge in [0.25, 0.3) is 5.91 Å². The molecule has 1 unspecified atom stereocenters. The van der Waals surface area contributed by atoms with Crippen LogP contribution < -0.4 is 19.7 Å². The molecule has 0 saturated heterocycles. The van der Waals surface area contributed by atoms with Gasteiger partial charge in [0.2, 0.25) is 5.91 Å². The van der Waals surface area contributed by atoms with E-state index in [1.807, 2.05) is 60.7 Å². The molecule has 4 rings (SSSR count). The number of nitrogens with zero attached hydrogens (tertiary/aromatic N) is 1. The minimum absolute atomic E-state index is 0.0897. The molecule has 0 spiro atoms. The van der Waals surface area contributed by atoms with Gasteiger partial charge in [0.1, 0.15) is 11.5 Å². The monoisotopic (exact) mass is 430 g/mol. The van der Waals surface area contributed by atoms with Crippen LogP contribution in [-0.4, -0.2) is 31.1 Å². The summed E-state index contributed by atoms with van der Waals surface area (Å²) in [5.41, 5.74) is 2.44. The van der Waals surface area contributed by atoms with Gasteiger partial charge in [-0.05, 0) is 49.2 Å². The highest BCUT2D eigenvalue weighted by Gasteiger charge is 2.31. The molecule has 6 nitrogen and oxygen atoms in total. The molecular weight excluding hydrogens is 404 g/mol. The quantitative estimate of drug-likeness (QED) is 0.573. The summed E-state index contributed by atoms with van der Waals surface area (Å²) in [6.45, 7) is 2.57. The number of nitrogens with one attached hydrogen (secondary N) is 1. The molecule has 0 bridgehead atoms. The number of para-hydroxylation sites is 1. The van der Waals surface area contributed by atoms with Gasteiger partial charge >= 0.3 is 0 Å². The molecule has 164 valence electrons. The van der Waals surface area contributed by atoms with Crippen molar-refractivity contribution in [2.45, 2.75) is 25.9 Å². The Hall–Kier alpha value is -3.80. The van der Waals surface area contributed by atoms with E-state index in [-0.39, 0.29) is 24.8 Å². The molecule has 32 heavy (non-hydrogen) atoms. The van der Waals surface area contributed by atoms with Crippen molar-refractivity contribution in [3.05, 3.63) is 84.4 Å². The summed E-state index contributed by atoms with van der Waals surface area (Å²) < 4.78 is 11.4. The lowest BCUT2D eigenvalue weighted by atomic mass is 10.1. The number of hydrogen-bond donors (Lipinski definition) is 1. The third-order valence-corrected chi connectivity index (χ3v) is 5.26. The number of amides is 2. The number of fused-ring (bicyclic) bond motifs is 1. The van der Waals surface area contributed by atoms with Crippen molar-refractivity contribution in [2.24, 2.45) is 0 Å². The second kappa shape index (κ2) is 10.0. The smallest absolute Gasteiger partial charge is 0.267 e. The van der Waals surface area contributed by atoms with E-state index in [9.17, 15) is 9.59 Å². The molecule has 1 aliphatic rings. The van der Waals surface area contributed by atoms with E-state index >= 15 is 0 Å². The van der Waals surface area contributed by atoms with Crippen LogP contribution in [0.4, 0.5) is 11.4 Å². The number of benzene rings is 3. The number of carbonyl (C=O) groups is 2. The molecule has 0 saturated carbocycles. The van der Waals surface area contributed by atoms with Crippen LogP contribution in [0.5, 0.6) is 11.5 Å². The van der Waals surface area contributed by atoms with E-state index in [2.05, 4.69) is 5.32 Å². The second-order valence-corrected chi connectivity index (χ2v) is 7.63. The Kier molecular flexibility index (Phi) is 6.70. The fourth-order valence-electron chi connectivity index (χ4n) is 3.60. The Morgan fingerprint density at radius 1 is 1.03 bits per heavy atom. The highest BCUT2D eigenvalue weighted by Crippen LogP contribution is 2.36. The van der Waals surface area contributed by atoms with Gasteiger partial charge < -0.3 is 19.7 Å². The molecule has 3 aromatic carbocycles. The normalized spacial score (nSPS) is 15.0. The summed E-state index contributed by atoms with van der Waals surface area (Å²) in [6.07, 6.45) is 0.399. The summed E-state index contributed by atoms with van der Waals surface area (Å²) in [5.74, 6) is 1.12. The first-order chi connectivity index (χ1) is 15.6. The Morgan fingerprint density at radius 3 is 2.50 bits per heavy atom. The SMILES string of the molecule is CC1Oc2ccc(NC(=O)CCOc3ccccc3)cc2N(CCc2ccccc2)C1=O. The van der Waals surface area contributed by atoms with Crippen molar-refractivity contribution in [2.75, 3.05) is 23.4 Å². The molecular formula is C26H26N2O4. The van der Waals surface area contributed by atoms with Crippen molar-refractivity contribution < 1.29 is 19.1 Å². The van der Waals surface area contributed by atoms with Gasteiger partial charge in [0.15, 0.2) is 6.10 Å². The van der Waals surface area contributed by atoms with Crippen molar-refractivity contribution >= 4 is 23.2 Å². The van der Waals surface area contributed by atoms with Crippen LogP contribution in [0, 0.1) is 0 Å². The number of rotatable bonds is 8. The maximum Gasteiger partial charge on any atom is 0.267 e. The van der Waals surface area contributed by atoms with E-state index in [0.717, 1.165) is 17.7 Å². The summed E-state index contributed by atoms with van der Waals surface area (Å²) in [7, 11) is 0. The highest BCUT2D eigenvalue weighted by atomic mass is 16.5. The van der Waals surface area contributed by atoms with E-state index in [1.165, 1.54) is 0 Å². The first kappa shape index (κ1) is 21.4. The lowest BCUT2D eigenvalue weighted by molar-refractivity contribution is -0.125. The van der Waals surface area contributed by atoms with Gasteiger partial charge in [0, 0.05) is 12.2 Å². The zero-order chi connectivity index (χ0) is 22.3. The number of ether oxygens (including phenoxy) is 2. The van der Waals surface area contributed by atoms with Crippen molar-refractivity contribution in [3.8, 4) is 11.5 Å². The summed E-state index contributed by atoms with van der Waals surface area (Å²) in [6, 6.07) is 24.8. The summed E-state index contributed by atoms with van der Waals surface area (Å²) in [4.78, 5) is 26.9. The lowest BCUT2D eigenvalue weighted by Gasteiger charge is -2.33. The molecule has 0 aromatic heterocycles. The minimum atomic E-state index is -0.547. The first-order valence-electron chi connectivity index (χ1n) is 10.7. The molecule has 3 aromatic rings. The molecule has 0 aliphatic carbocycles. The zero-order valence-electron chi connectivity index (χ0n) is 18.0. The van der Waals surface area contributed by atoms with Crippen molar-refractivity contribution in [1.82, 2.24) is 0 Å². The maximum absolute atomic E-state index is 12.8. The number of anilines is 2. The van der Waals surface area contributed by atoms with Crippen LogP contribution in [0.25, 0.3) is 0 Å². The molecule has 2 amide bonds. The minimum Gasteiger partial charge on any atom is -0.493 e. The molecule has 1 N–H and O–H groups in total. The summed E-state index contributed by atoms with van der Waals surface area (Å²) >= 11 is 0. The standard InChI is InChI=1S/C26H26N2O4/c1-19-26(30)28(16-14-20-8-4-2-5-9-20)23-18-21(12-13-24(23)32-19)27-25(29)15-17-31-22-10-6-3-7-11-22/h2-13,18-19H,14-17H2,1H3,(H,27,29). The third kappa shape index (κ3) is 5.27. The molecule has 0 fully saturated rings. The second-order valence-electron chi connectivity index (χ2n) is 7.63. The van der Waals surface area contributed by atoms with Crippen LogP contribution in [0.3, 0.4) is 0 Å². The Balaban J connectivity index is 1.41. The van der Waals surface area contributed by atoms with Crippen LogP contribution in [0.2, 0.25) is 0 Å². The van der Waals surface area contributed by atoms with Gasteiger partial charge in [-0.25, -0.2) is 0 Å². The predicted molar refractivity (Wildman–Crippen MR) is 124 cm³/mol. The molecule has 6 heteroatoms. The van der Waals surface area contributed by atoms with Crippen molar-refractivity contribution in [1.29, 1.82) is 0 Å². The largest absolute Gasteiger partial charge is 0.493 e. The van der Waals surface area contributed by atoms with E-state index in [4.69, 9.17) is 9.47 Å². The molecule has 0 radical (unpaired) electrons. The Bertz CT molecular complexity index is 1070. The van der Waals surface area contributed by atoms with Crippen molar-refractivity contribution in [3.63, 3.8) is 0 Å². The Morgan fingerprint density at radius 2 is 1.75 bits per heavy atom. The Labute approximate surface area is 187 Å². The van der Waals surface area contributed by atoms with Gasteiger partial charge in [-0.15, -0.1) is 0 Å².